The van der Waals surface area contributed by atoms with E-state index in [1.165, 1.54) is 6.92 Å². The first kappa shape index (κ1) is 18.9. The van der Waals surface area contributed by atoms with Gasteiger partial charge in [0.2, 0.25) is 11.7 Å². The number of ether oxygens (including phenoxy) is 2. The fourth-order valence-electron chi connectivity index (χ4n) is 2.11. The zero-order valence-corrected chi connectivity index (χ0v) is 12.2. The fraction of sp³-hybridized carbons (Fsp3) is 0.615. The summed E-state index contributed by atoms with van der Waals surface area (Å²) in [4.78, 5) is 22.5. The van der Waals surface area contributed by atoms with Gasteiger partial charge in [-0.2, -0.15) is 5.26 Å². The zero-order chi connectivity index (χ0) is 17.6. The molecule has 0 unspecified atom stereocenters. The summed E-state index contributed by atoms with van der Waals surface area (Å²) >= 11 is 0. The van der Waals surface area contributed by atoms with Crippen LogP contribution in [0.4, 0.5) is 0 Å². The van der Waals surface area contributed by atoms with E-state index < -0.39 is 61.3 Å². The molecule has 0 aromatic rings. The second-order valence-corrected chi connectivity index (χ2v) is 4.82. The molecule has 0 saturated heterocycles. The van der Waals surface area contributed by atoms with Crippen molar-refractivity contribution in [1.29, 1.82) is 5.26 Å². The largest absolute Gasteiger partial charge is 0.478 e. The van der Waals surface area contributed by atoms with Gasteiger partial charge in [-0.1, -0.05) is 0 Å². The molecule has 0 aromatic carbocycles. The number of carboxylic acids is 1. The van der Waals surface area contributed by atoms with Crippen LogP contribution < -0.4 is 5.32 Å². The van der Waals surface area contributed by atoms with Gasteiger partial charge < -0.3 is 35.2 Å². The summed E-state index contributed by atoms with van der Waals surface area (Å²) in [6.45, 7) is -0.0110. The minimum Gasteiger partial charge on any atom is -0.478 e. The van der Waals surface area contributed by atoms with Gasteiger partial charge in [0.05, 0.1) is 18.7 Å². The fourth-order valence-corrected chi connectivity index (χ4v) is 2.11. The van der Waals surface area contributed by atoms with Crippen molar-refractivity contribution in [3.8, 4) is 6.07 Å². The summed E-state index contributed by atoms with van der Waals surface area (Å²) in [6, 6.07) is 0.637. The molecule has 1 aliphatic rings. The van der Waals surface area contributed by atoms with E-state index in [4.69, 9.17) is 24.9 Å². The van der Waals surface area contributed by atoms with Gasteiger partial charge in [-0.25, -0.2) is 4.79 Å². The van der Waals surface area contributed by atoms with Gasteiger partial charge in [-0.3, -0.25) is 4.79 Å². The number of aliphatic carboxylic acids is 1. The number of carbonyl (C=O) groups is 2. The molecule has 0 saturated carbocycles. The van der Waals surface area contributed by atoms with Crippen LogP contribution in [-0.2, 0) is 19.1 Å². The molecule has 5 atom stereocenters. The molecule has 1 rings (SSSR count). The quantitative estimate of drug-likeness (QED) is 0.338. The molecule has 10 nitrogen and oxygen atoms in total. The van der Waals surface area contributed by atoms with Crippen LogP contribution in [0.25, 0.3) is 0 Å². The number of rotatable bonds is 7. The van der Waals surface area contributed by atoms with Gasteiger partial charge >= 0.3 is 5.97 Å². The number of aliphatic hydroxyl groups is 3. The second kappa shape index (κ2) is 8.44. The number of carbonyl (C=O) groups excluding carboxylic acids is 1. The minimum absolute atomic E-state index is 0.393. The highest BCUT2D eigenvalue weighted by Gasteiger charge is 2.44. The Morgan fingerprint density at radius 1 is 1.52 bits per heavy atom. The molecular weight excluding hydrogens is 312 g/mol. The van der Waals surface area contributed by atoms with E-state index in [9.17, 15) is 19.8 Å². The predicted molar refractivity (Wildman–Crippen MR) is 72.6 cm³/mol. The molecule has 0 spiro atoms. The van der Waals surface area contributed by atoms with Crippen molar-refractivity contribution < 1.29 is 39.5 Å². The molecule has 5 N–H and O–H groups in total. The predicted octanol–water partition coefficient (Wildman–Crippen LogP) is -2.52. The van der Waals surface area contributed by atoms with E-state index in [1.807, 2.05) is 0 Å². The molecular formula is C13H18N2O8. The van der Waals surface area contributed by atoms with Gasteiger partial charge in [0.25, 0.3) is 0 Å². The summed E-state index contributed by atoms with van der Waals surface area (Å²) in [5.41, 5.74) is 0. The Labute approximate surface area is 131 Å². The number of carboxylic acid groups (broad SMARTS) is 1. The van der Waals surface area contributed by atoms with Crippen LogP contribution in [0.2, 0.25) is 0 Å². The maximum absolute atomic E-state index is 11.3. The van der Waals surface area contributed by atoms with Gasteiger partial charge in [0.15, 0.2) is 6.10 Å². The number of nitrogens with one attached hydrogen (secondary N) is 1. The number of hydrogen-bond acceptors (Lipinski definition) is 8. The molecule has 1 amide bonds. The number of hydrogen-bond donors (Lipinski definition) is 5. The summed E-state index contributed by atoms with van der Waals surface area (Å²) in [5, 5.41) is 48.6. The third-order valence-electron chi connectivity index (χ3n) is 3.13. The molecule has 23 heavy (non-hydrogen) atoms. The average Bonchev–Trinajstić information content (AvgIpc) is 2.51. The third-order valence-corrected chi connectivity index (χ3v) is 3.13. The Morgan fingerprint density at radius 3 is 2.65 bits per heavy atom. The van der Waals surface area contributed by atoms with E-state index in [-0.39, 0.29) is 0 Å². The summed E-state index contributed by atoms with van der Waals surface area (Å²) < 4.78 is 10.3. The highest BCUT2D eigenvalue weighted by molar-refractivity contribution is 5.84. The number of amides is 1. The number of nitriles is 1. The van der Waals surface area contributed by atoms with Crippen molar-refractivity contribution in [3.05, 3.63) is 11.8 Å². The molecule has 10 heteroatoms. The first-order valence-corrected chi connectivity index (χ1v) is 6.66. The summed E-state index contributed by atoms with van der Waals surface area (Å²) in [7, 11) is 0. The number of nitrogens with zero attached hydrogens (tertiary/aromatic N) is 1. The third kappa shape index (κ3) is 4.90. The molecule has 0 radical (unpaired) electrons. The van der Waals surface area contributed by atoms with E-state index in [0.29, 0.717) is 0 Å². The SMILES string of the molecule is CC(=O)N[C@H]1[C@H]([C@H](O)[C@H](O)CO)OC(C(=O)O)=C[C@@H]1OCC#N. The highest BCUT2D eigenvalue weighted by atomic mass is 16.5. The van der Waals surface area contributed by atoms with E-state index in [2.05, 4.69) is 5.32 Å². The van der Waals surface area contributed by atoms with Gasteiger partial charge in [0, 0.05) is 6.92 Å². The maximum Gasteiger partial charge on any atom is 0.370 e. The number of aliphatic hydroxyl groups excluding tert-OH is 3. The molecule has 0 fully saturated rings. The Balaban J connectivity index is 3.17. The molecule has 1 heterocycles. The van der Waals surface area contributed by atoms with Crippen molar-refractivity contribution in [2.75, 3.05) is 13.2 Å². The second-order valence-electron chi connectivity index (χ2n) is 4.82. The van der Waals surface area contributed by atoms with Crippen LogP contribution in [0.15, 0.2) is 11.8 Å². The Hall–Kier alpha value is -2.19. The lowest BCUT2D eigenvalue weighted by atomic mass is 9.93. The molecule has 0 aromatic heterocycles. The van der Waals surface area contributed by atoms with Crippen LogP contribution in [0.1, 0.15) is 6.92 Å². The van der Waals surface area contributed by atoms with Crippen LogP contribution in [0, 0.1) is 11.3 Å². The molecule has 128 valence electrons. The van der Waals surface area contributed by atoms with Crippen LogP contribution >= 0.6 is 0 Å². The Kier molecular flexibility index (Phi) is 6.92. The van der Waals surface area contributed by atoms with Gasteiger partial charge in [-0.05, 0) is 6.08 Å². The van der Waals surface area contributed by atoms with Gasteiger partial charge in [-0.15, -0.1) is 0 Å². The minimum atomic E-state index is -1.70. The van der Waals surface area contributed by atoms with Crippen molar-refractivity contribution >= 4 is 11.9 Å². The van der Waals surface area contributed by atoms with Crippen molar-refractivity contribution in [2.45, 2.75) is 37.4 Å². The topological polar surface area (TPSA) is 169 Å². The van der Waals surface area contributed by atoms with Crippen molar-refractivity contribution in [1.82, 2.24) is 5.32 Å². The maximum atomic E-state index is 11.3. The summed E-state index contributed by atoms with van der Waals surface area (Å²) in [6.07, 6.45) is -4.76. The molecule has 1 aliphatic heterocycles. The standard InChI is InChI=1S/C13H18N2O8/c1-6(17)15-10-8(22-3-2-14)4-9(13(20)21)23-12(10)11(19)7(18)5-16/h4,7-8,10-12,16,18-19H,3,5H2,1H3,(H,15,17)(H,20,21)/t7-,8+,10-,11-,12-/m1/s1. The van der Waals surface area contributed by atoms with Gasteiger partial charge in [0.1, 0.15) is 24.9 Å². The van der Waals surface area contributed by atoms with E-state index in [0.717, 1.165) is 6.08 Å². The normalized spacial score (nSPS) is 26.2. The highest BCUT2D eigenvalue weighted by Crippen LogP contribution is 2.24. The monoisotopic (exact) mass is 330 g/mol. The smallest absolute Gasteiger partial charge is 0.370 e. The molecule has 0 bridgehead atoms. The van der Waals surface area contributed by atoms with E-state index in [1.54, 1.807) is 6.07 Å². The van der Waals surface area contributed by atoms with Crippen LogP contribution in [0.3, 0.4) is 0 Å². The lowest BCUT2D eigenvalue weighted by Gasteiger charge is -2.39. The zero-order valence-electron chi connectivity index (χ0n) is 12.2. The molecule has 0 aliphatic carbocycles. The Morgan fingerprint density at radius 2 is 2.17 bits per heavy atom. The lowest BCUT2D eigenvalue weighted by molar-refractivity contribution is -0.151. The summed E-state index contributed by atoms with van der Waals surface area (Å²) in [5.74, 6) is -2.54. The Bertz CT molecular complexity index is 515. The van der Waals surface area contributed by atoms with Crippen LogP contribution in [-0.4, -0.2) is 76.0 Å². The van der Waals surface area contributed by atoms with Crippen molar-refractivity contribution in [2.24, 2.45) is 0 Å². The van der Waals surface area contributed by atoms with E-state index >= 15 is 0 Å². The average molecular weight is 330 g/mol. The van der Waals surface area contributed by atoms with Crippen LogP contribution in [0.5, 0.6) is 0 Å². The lowest BCUT2D eigenvalue weighted by Crippen LogP contribution is -2.60. The first-order valence-electron chi connectivity index (χ1n) is 6.66. The first-order chi connectivity index (χ1) is 10.8. The van der Waals surface area contributed by atoms with Crippen molar-refractivity contribution in [3.63, 3.8) is 0 Å².